The van der Waals surface area contributed by atoms with Gasteiger partial charge < -0.3 is 4.98 Å². The van der Waals surface area contributed by atoms with Crippen molar-refractivity contribution >= 4 is 34.0 Å². The molecule has 0 amide bonds. The van der Waals surface area contributed by atoms with Gasteiger partial charge in [0.05, 0.1) is 16.4 Å². The van der Waals surface area contributed by atoms with E-state index >= 15 is 0 Å². The van der Waals surface area contributed by atoms with E-state index < -0.39 is 0 Å². The number of H-pyrrole nitrogens is 1. The van der Waals surface area contributed by atoms with E-state index in [1.807, 2.05) is 48.5 Å². The molecule has 0 spiro atoms. The van der Waals surface area contributed by atoms with Crippen molar-refractivity contribution in [2.75, 3.05) is 0 Å². The van der Waals surface area contributed by atoms with Gasteiger partial charge in [-0.15, -0.1) is 5.11 Å². The summed E-state index contributed by atoms with van der Waals surface area (Å²) in [6.07, 6.45) is 0. The SMILES string of the molecule is Cc1c(Sc2ccccc2N=Nc2ccccc2)[nH]c2ccccc12. The van der Waals surface area contributed by atoms with Gasteiger partial charge in [0.25, 0.3) is 0 Å². The molecule has 4 heteroatoms. The Kier molecular flexibility index (Phi) is 4.36. The fraction of sp³-hybridized carbons (Fsp3) is 0.0476. The highest BCUT2D eigenvalue weighted by Gasteiger charge is 2.10. The first-order valence-electron chi connectivity index (χ1n) is 8.12. The molecule has 3 nitrogen and oxygen atoms in total. The predicted octanol–water partition coefficient (Wildman–Crippen LogP) is 7.04. The lowest BCUT2D eigenvalue weighted by atomic mass is 10.2. The van der Waals surface area contributed by atoms with Gasteiger partial charge in [-0.2, -0.15) is 5.11 Å². The smallest absolute Gasteiger partial charge is 0.0996 e. The maximum atomic E-state index is 4.45. The molecule has 122 valence electrons. The molecule has 0 bridgehead atoms. The summed E-state index contributed by atoms with van der Waals surface area (Å²) in [7, 11) is 0. The van der Waals surface area contributed by atoms with E-state index in [-0.39, 0.29) is 0 Å². The zero-order valence-corrected chi connectivity index (χ0v) is 14.6. The zero-order chi connectivity index (χ0) is 17.1. The Morgan fingerprint density at radius 3 is 2.32 bits per heavy atom. The van der Waals surface area contributed by atoms with Gasteiger partial charge in [0.2, 0.25) is 0 Å². The van der Waals surface area contributed by atoms with E-state index in [1.54, 1.807) is 11.8 Å². The van der Waals surface area contributed by atoms with E-state index in [1.165, 1.54) is 10.9 Å². The van der Waals surface area contributed by atoms with Gasteiger partial charge in [-0.1, -0.05) is 60.3 Å². The van der Waals surface area contributed by atoms with E-state index in [0.29, 0.717) is 0 Å². The molecule has 0 atom stereocenters. The molecule has 1 heterocycles. The third-order valence-electron chi connectivity index (χ3n) is 4.03. The summed E-state index contributed by atoms with van der Waals surface area (Å²) in [4.78, 5) is 4.58. The van der Waals surface area contributed by atoms with Gasteiger partial charge >= 0.3 is 0 Å². The van der Waals surface area contributed by atoms with Crippen LogP contribution in [0.1, 0.15) is 5.56 Å². The Morgan fingerprint density at radius 2 is 1.48 bits per heavy atom. The first kappa shape index (κ1) is 15.7. The number of para-hydroxylation sites is 1. The molecule has 0 saturated carbocycles. The van der Waals surface area contributed by atoms with E-state index in [0.717, 1.165) is 26.8 Å². The molecule has 1 aromatic heterocycles. The first-order valence-corrected chi connectivity index (χ1v) is 8.94. The average Bonchev–Trinajstić information content (AvgIpc) is 2.98. The Balaban J connectivity index is 1.67. The molecule has 0 radical (unpaired) electrons. The van der Waals surface area contributed by atoms with Crippen LogP contribution in [0.25, 0.3) is 10.9 Å². The lowest BCUT2D eigenvalue weighted by Gasteiger charge is -2.04. The molecule has 25 heavy (non-hydrogen) atoms. The molecule has 0 aliphatic rings. The van der Waals surface area contributed by atoms with E-state index in [9.17, 15) is 0 Å². The van der Waals surface area contributed by atoms with E-state index in [2.05, 4.69) is 52.5 Å². The topological polar surface area (TPSA) is 40.5 Å². The number of aryl methyl sites for hydroxylation is 1. The van der Waals surface area contributed by atoms with Crippen molar-refractivity contribution in [1.29, 1.82) is 0 Å². The van der Waals surface area contributed by atoms with Crippen molar-refractivity contribution in [2.24, 2.45) is 10.2 Å². The van der Waals surface area contributed by atoms with Crippen molar-refractivity contribution in [3.8, 4) is 0 Å². The third kappa shape index (κ3) is 3.35. The number of hydrogen-bond acceptors (Lipinski definition) is 3. The van der Waals surface area contributed by atoms with Crippen LogP contribution in [0.3, 0.4) is 0 Å². The van der Waals surface area contributed by atoms with Crippen molar-refractivity contribution in [1.82, 2.24) is 4.98 Å². The minimum absolute atomic E-state index is 0.851. The molecule has 0 aliphatic heterocycles. The summed E-state index contributed by atoms with van der Waals surface area (Å²) in [5.41, 5.74) is 4.14. The Labute approximate surface area is 150 Å². The third-order valence-corrected chi connectivity index (χ3v) is 5.20. The lowest BCUT2D eigenvalue weighted by Crippen LogP contribution is -1.77. The number of nitrogens with zero attached hydrogens (tertiary/aromatic N) is 2. The highest BCUT2D eigenvalue weighted by atomic mass is 32.2. The normalized spacial score (nSPS) is 11.4. The number of hydrogen-bond donors (Lipinski definition) is 1. The Hall–Kier alpha value is -2.85. The maximum Gasteiger partial charge on any atom is 0.0996 e. The van der Waals surface area contributed by atoms with Crippen LogP contribution in [0.2, 0.25) is 0 Å². The van der Waals surface area contributed by atoms with Crippen molar-refractivity contribution in [3.05, 3.63) is 84.4 Å². The molecule has 0 saturated heterocycles. The fourth-order valence-electron chi connectivity index (χ4n) is 2.70. The number of aromatic amines is 1. The summed E-state index contributed by atoms with van der Waals surface area (Å²) >= 11 is 1.69. The summed E-state index contributed by atoms with van der Waals surface area (Å²) in [5, 5.41) is 11.2. The van der Waals surface area contributed by atoms with Crippen molar-refractivity contribution < 1.29 is 0 Å². The minimum Gasteiger partial charge on any atom is -0.349 e. The second kappa shape index (κ2) is 6.95. The van der Waals surface area contributed by atoms with Gasteiger partial charge in [0.1, 0.15) is 0 Å². The molecule has 0 aliphatic carbocycles. The highest BCUT2D eigenvalue weighted by molar-refractivity contribution is 7.99. The van der Waals surface area contributed by atoms with Crippen molar-refractivity contribution in [2.45, 2.75) is 16.8 Å². The van der Waals surface area contributed by atoms with Gasteiger partial charge in [0.15, 0.2) is 0 Å². The van der Waals surface area contributed by atoms with Gasteiger partial charge in [-0.25, -0.2) is 0 Å². The van der Waals surface area contributed by atoms with Crippen LogP contribution in [0.5, 0.6) is 0 Å². The summed E-state index contributed by atoms with van der Waals surface area (Å²) < 4.78 is 0. The van der Waals surface area contributed by atoms with Crippen LogP contribution < -0.4 is 0 Å². The quantitative estimate of drug-likeness (QED) is 0.396. The standard InChI is InChI=1S/C21H17N3S/c1-15-17-11-5-6-12-18(17)22-21(15)25-20-14-8-7-13-19(20)24-23-16-9-3-2-4-10-16/h2-14,22H,1H3. The van der Waals surface area contributed by atoms with Gasteiger partial charge in [0, 0.05) is 15.8 Å². The number of rotatable bonds is 4. The second-order valence-electron chi connectivity index (χ2n) is 5.73. The molecule has 0 fully saturated rings. The van der Waals surface area contributed by atoms with E-state index in [4.69, 9.17) is 0 Å². The van der Waals surface area contributed by atoms with Crippen LogP contribution in [0, 0.1) is 6.92 Å². The number of nitrogens with one attached hydrogen (secondary N) is 1. The first-order chi connectivity index (χ1) is 12.3. The van der Waals surface area contributed by atoms with Crippen LogP contribution in [0.15, 0.2) is 99.0 Å². The number of aromatic nitrogens is 1. The minimum atomic E-state index is 0.851. The molecular formula is C21H17N3S. The molecule has 0 unspecified atom stereocenters. The molecule has 4 rings (SSSR count). The monoisotopic (exact) mass is 343 g/mol. The highest BCUT2D eigenvalue weighted by Crippen LogP contribution is 2.38. The van der Waals surface area contributed by atoms with Crippen molar-refractivity contribution in [3.63, 3.8) is 0 Å². The van der Waals surface area contributed by atoms with Crippen LogP contribution in [-0.2, 0) is 0 Å². The number of fused-ring (bicyclic) bond motifs is 1. The molecule has 1 N–H and O–H groups in total. The largest absolute Gasteiger partial charge is 0.349 e. The maximum absolute atomic E-state index is 4.45. The van der Waals surface area contributed by atoms with Gasteiger partial charge in [-0.3, -0.25) is 0 Å². The summed E-state index contributed by atoms with van der Waals surface area (Å²) in [6.45, 7) is 2.15. The summed E-state index contributed by atoms with van der Waals surface area (Å²) in [5.74, 6) is 0. The zero-order valence-electron chi connectivity index (χ0n) is 13.8. The van der Waals surface area contributed by atoms with Gasteiger partial charge in [-0.05, 0) is 42.8 Å². The van der Waals surface area contributed by atoms with Crippen LogP contribution >= 0.6 is 11.8 Å². The Bertz CT molecular complexity index is 1040. The average molecular weight is 343 g/mol. The summed E-state index contributed by atoms with van der Waals surface area (Å²) in [6, 6.07) is 26.2. The molecule has 4 aromatic rings. The molecule has 3 aromatic carbocycles. The van der Waals surface area contributed by atoms with Crippen LogP contribution in [0.4, 0.5) is 11.4 Å². The Morgan fingerprint density at radius 1 is 0.760 bits per heavy atom. The lowest BCUT2D eigenvalue weighted by molar-refractivity contribution is 1.16. The van der Waals surface area contributed by atoms with Crippen LogP contribution in [-0.4, -0.2) is 4.98 Å². The predicted molar refractivity (Wildman–Crippen MR) is 104 cm³/mol. The molecular weight excluding hydrogens is 326 g/mol. The number of azo groups is 1. The second-order valence-corrected chi connectivity index (χ2v) is 6.78. The fourth-order valence-corrected chi connectivity index (χ4v) is 3.71. The number of benzene rings is 3.